The molecule has 0 atom stereocenters. The van der Waals surface area contributed by atoms with Crippen LogP contribution >= 0.6 is 11.3 Å². The van der Waals surface area contributed by atoms with Crippen LogP contribution in [0.2, 0.25) is 0 Å². The van der Waals surface area contributed by atoms with Gasteiger partial charge in [0, 0.05) is 58.1 Å². The molecule has 0 saturated carbocycles. The van der Waals surface area contributed by atoms with Gasteiger partial charge in [-0.15, -0.1) is 11.3 Å². The minimum atomic E-state index is 0.659. The number of nitrogens with zero attached hydrogens (tertiary/aromatic N) is 4. The molecule has 4 heterocycles. The first-order chi connectivity index (χ1) is 28.3. The number of benzene rings is 9. The Morgan fingerprint density at radius 1 is 0.368 bits per heavy atom. The Labute approximate surface area is 330 Å². The third-order valence-electron chi connectivity index (χ3n) is 11.9. The molecule has 5 heteroatoms. The number of fused-ring (bicyclic) bond motifs is 13. The van der Waals surface area contributed by atoms with Crippen LogP contribution in [0.4, 0.5) is 0 Å². The molecule has 0 aliphatic rings. The van der Waals surface area contributed by atoms with Gasteiger partial charge in [-0.2, -0.15) is 0 Å². The zero-order valence-corrected chi connectivity index (χ0v) is 31.3. The molecule has 0 radical (unpaired) electrons. The van der Waals surface area contributed by atoms with Crippen molar-refractivity contribution in [3.8, 4) is 22.9 Å². The Morgan fingerprint density at radius 2 is 1.05 bits per heavy atom. The van der Waals surface area contributed by atoms with E-state index in [0.29, 0.717) is 5.95 Å². The monoisotopic (exact) mass is 742 g/mol. The minimum absolute atomic E-state index is 0.659. The van der Waals surface area contributed by atoms with Gasteiger partial charge in [0.2, 0.25) is 5.95 Å². The Hall–Kier alpha value is -7.34. The summed E-state index contributed by atoms with van der Waals surface area (Å²) in [6.07, 6.45) is 0. The topological polar surface area (TPSA) is 35.6 Å². The van der Waals surface area contributed by atoms with Gasteiger partial charge in [0.15, 0.2) is 0 Å². The van der Waals surface area contributed by atoms with Crippen LogP contribution in [0.15, 0.2) is 182 Å². The minimum Gasteiger partial charge on any atom is -0.309 e. The third-order valence-corrected chi connectivity index (χ3v) is 13.0. The third kappa shape index (κ3) is 4.32. The van der Waals surface area contributed by atoms with E-state index < -0.39 is 0 Å². The molecule has 0 spiro atoms. The van der Waals surface area contributed by atoms with Gasteiger partial charge in [-0.05, 0) is 70.8 Å². The molecule has 4 aromatic heterocycles. The lowest BCUT2D eigenvalue weighted by atomic mass is 10.0. The van der Waals surface area contributed by atoms with E-state index >= 15 is 0 Å². The van der Waals surface area contributed by atoms with E-state index in [-0.39, 0.29) is 0 Å². The smallest absolute Gasteiger partial charge is 0.235 e. The summed E-state index contributed by atoms with van der Waals surface area (Å²) in [4.78, 5) is 10.9. The van der Waals surface area contributed by atoms with Crippen LogP contribution in [0.3, 0.4) is 0 Å². The van der Waals surface area contributed by atoms with Crippen molar-refractivity contribution in [1.29, 1.82) is 0 Å². The number of thiophene rings is 1. The second-order valence-corrected chi connectivity index (χ2v) is 16.0. The summed E-state index contributed by atoms with van der Waals surface area (Å²) in [5.41, 5.74) is 8.65. The molecule has 57 heavy (non-hydrogen) atoms. The summed E-state index contributed by atoms with van der Waals surface area (Å²) in [7, 11) is 0. The number of rotatable bonds is 3. The van der Waals surface area contributed by atoms with Gasteiger partial charge in [-0.3, -0.25) is 4.57 Å². The fourth-order valence-corrected chi connectivity index (χ4v) is 10.6. The number of hydrogen-bond donors (Lipinski definition) is 0. The van der Waals surface area contributed by atoms with Gasteiger partial charge < -0.3 is 4.57 Å². The van der Waals surface area contributed by atoms with Crippen LogP contribution in [-0.2, 0) is 0 Å². The number of para-hydroxylation sites is 3. The van der Waals surface area contributed by atoms with Crippen molar-refractivity contribution >= 4 is 108 Å². The highest BCUT2D eigenvalue weighted by Crippen LogP contribution is 2.43. The molecule has 0 aliphatic heterocycles. The lowest BCUT2D eigenvalue weighted by Crippen LogP contribution is -2.03. The van der Waals surface area contributed by atoms with Gasteiger partial charge in [0.05, 0.1) is 39.0 Å². The van der Waals surface area contributed by atoms with Crippen LogP contribution in [0, 0.1) is 0 Å². The van der Waals surface area contributed by atoms with Gasteiger partial charge in [0.25, 0.3) is 0 Å². The highest BCUT2D eigenvalue weighted by molar-refractivity contribution is 7.25. The van der Waals surface area contributed by atoms with E-state index in [2.05, 4.69) is 191 Å². The fraction of sp³-hybridized carbons (Fsp3) is 0. The molecule has 0 saturated heterocycles. The Kier molecular flexibility index (Phi) is 6.29. The molecular formula is C52H30N4S. The predicted molar refractivity (Wildman–Crippen MR) is 242 cm³/mol. The normalized spacial score (nSPS) is 12.2. The molecule has 9 aromatic carbocycles. The highest BCUT2D eigenvalue weighted by atomic mass is 32.1. The van der Waals surface area contributed by atoms with Crippen molar-refractivity contribution in [2.75, 3.05) is 0 Å². The van der Waals surface area contributed by atoms with Crippen molar-refractivity contribution in [3.05, 3.63) is 182 Å². The first-order valence-electron chi connectivity index (χ1n) is 19.3. The summed E-state index contributed by atoms with van der Waals surface area (Å²) in [6, 6.07) is 65.9. The molecule has 0 N–H and O–H groups in total. The highest BCUT2D eigenvalue weighted by Gasteiger charge is 2.22. The molecule has 0 bridgehead atoms. The summed E-state index contributed by atoms with van der Waals surface area (Å²) in [6.45, 7) is 0. The Bertz CT molecular complexity index is 3830. The summed E-state index contributed by atoms with van der Waals surface area (Å²) in [5, 5.41) is 13.3. The maximum absolute atomic E-state index is 5.56. The van der Waals surface area contributed by atoms with Crippen LogP contribution in [0.5, 0.6) is 0 Å². The number of hydrogen-bond acceptors (Lipinski definition) is 3. The van der Waals surface area contributed by atoms with Crippen molar-refractivity contribution in [1.82, 2.24) is 19.1 Å². The molecule has 13 aromatic rings. The average molecular weight is 743 g/mol. The van der Waals surface area contributed by atoms with Crippen LogP contribution in [0.1, 0.15) is 0 Å². The molecule has 0 unspecified atom stereocenters. The summed E-state index contributed by atoms with van der Waals surface area (Å²) in [5.74, 6) is 0.659. The first kappa shape index (κ1) is 30.9. The zero-order valence-electron chi connectivity index (χ0n) is 30.5. The Balaban J connectivity index is 1.13. The van der Waals surface area contributed by atoms with E-state index in [1.54, 1.807) is 0 Å². The molecule has 4 nitrogen and oxygen atoms in total. The second-order valence-electron chi connectivity index (χ2n) is 14.9. The molecule has 0 aliphatic carbocycles. The van der Waals surface area contributed by atoms with Crippen molar-refractivity contribution in [3.63, 3.8) is 0 Å². The van der Waals surface area contributed by atoms with Gasteiger partial charge >= 0.3 is 0 Å². The van der Waals surface area contributed by atoms with Gasteiger partial charge in [-0.25, -0.2) is 9.97 Å². The van der Waals surface area contributed by atoms with E-state index in [1.165, 1.54) is 74.3 Å². The molecule has 264 valence electrons. The molecule has 13 rings (SSSR count). The maximum atomic E-state index is 5.56. The predicted octanol–water partition coefficient (Wildman–Crippen LogP) is 14.2. The van der Waals surface area contributed by atoms with Gasteiger partial charge in [0.1, 0.15) is 0 Å². The zero-order chi connectivity index (χ0) is 37.2. The lowest BCUT2D eigenvalue weighted by Gasteiger charge is -2.14. The molecule has 0 fully saturated rings. The van der Waals surface area contributed by atoms with Crippen LogP contribution in [-0.4, -0.2) is 19.1 Å². The first-order valence-corrected chi connectivity index (χ1v) is 20.2. The van der Waals surface area contributed by atoms with Crippen LogP contribution in [0.25, 0.3) is 119 Å². The quantitative estimate of drug-likeness (QED) is 0.181. The Morgan fingerprint density at radius 3 is 1.95 bits per heavy atom. The number of aromatic nitrogens is 4. The average Bonchev–Trinajstić information content (AvgIpc) is 3.93. The van der Waals surface area contributed by atoms with E-state index in [1.807, 2.05) is 11.3 Å². The second kappa shape index (κ2) is 11.6. The van der Waals surface area contributed by atoms with E-state index in [0.717, 1.165) is 38.9 Å². The van der Waals surface area contributed by atoms with Crippen molar-refractivity contribution in [2.24, 2.45) is 0 Å². The standard InChI is InChI=1S/C52H30N4S/c1-2-15-33-31(13-1)27-28-45-49(33)36-18-5-9-23-43(36)55(45)44-24-11-14-32-29-40-34-16-4-8-22-42(34)56(46(40)30-39(32)44)52-53-41-21-7-3-17-35(41)51(54-52)38-20-12-26-48-50(38)37-19-6-10-25-47(37)57-48/h1-30H. The fourth-order valence-electron chi connectivity index (χ4n) is 9.48. The molecular weight excluding hydrogens is 713 g/mol. The maximum Gasteiger partial charge on any atom is 0.235 e. The van der Waals surface area contributed by atoms with Crippen molar-refractivity contribution < 1.29 is 0 Å². The van der Waals surface area contributed by atoms with Crippen molar-refractivity contribution in [2.45, 2.75) is 0 Å². The van der Waals surface area contributed by atoms with Crippen LogP contribution < -0.4 is 0 Å². The van der Waals surface area contributed by atoms with E-state index in [9.17, 15) is 0 Å². The summed E-state index contributed by atoms with van der Waals surface area (Å²) < 4.78 is 7.27. The largest absolute Gasteiger partial charge is 0.309 e. The SMILES string of the molecule is c1cc(-n2c3ccccc3c3c4ccccc4ccc32)c2cc3c(cc2c1)c1ccccc1n3-c1nc(-c2cccc3sc4ccccc4c23)c2ccccc2n1. The summed E-state index contributed by atoms with van der Waals surface area (Å²) >= 11 is 1.83. The van der Waals surface area contributed by atoms with Gasteiger partial charge in [-0.1, -0.05) is 127 Å². The van der Waals surface area contributed by atoms with E-state index in [4.69, 9.17) is 9.97 Å². The lowest BCUT2D eigenvalue weighted by molar-refractivity contribution is 1.01. The molecule has 0 amide bonds.